The van der Waals surface area contributed by atoms with Crippen LogP contribution < -0.4 is 5.32 Å². The average Bonchev–Trinajstić information content (AvgIpc) is 3.18. The van der Waals surface area contributed by atoms with Crippen LogP contribution in [-0.2, 0) is 37.0 Å². The molecule has 0 radical (unpaired) electrons. The largest absolute Gasteiger partial charge is 0.453 e. The SMILES string of the molecule is CC(=O)O[C@@H](C)C(=O)NCc1ccc([C@@H]2O[C@H](CN3CC4(C)CC3CC(C)(C)C4)C[C@H](c3ccc(CO)cc3)O2)cc1. The summed E-state index contributed by atoms with van der Waals surface area (Å²) in [6.07, 6.45) is 3.04. The molecular formula is C34H46N2O6. The van der Waals surface area contributed by atoms with E-state index in [9.17, 15) is 14.7 Å². The number of benzene rings is 2. The number of nitrogens with one attached hydrogen (secondary N) is 1. The Balaban J connectivity index is 1.29. The van der Waals surface area contributed by atoms with E-state index in [0.717, 1.165) is 41.8 Å². The molecule has 228 valence electrons. The molecule has 42 heavy (non-hydrogen) atoms. The molecule has 2 aromatic carbocycles. The molecule has 8 nitrogen and oxygen atoms in total. The van der Waals surface area contributed by atoms with Crippen LogP contribution in [0.5, 0.6) is 0 Å². The van der Waals surface area contributed by atoms with Gasteiger partial charge in [0.25, 0.3) is 5.91 Å². The first-order chi connectivity index (χ1) is 19.9. The molecule has 0 aromatic heterocycles. The van der Waals surface area contributed by atoms with Crippen molar-refractivity contribution in [2.45, 2.75) is 104 Å². The van der Waals surface area contributed by atoms with Crippen molar-refractivity contribution in [2.75, 3.05) is 13.1 Å². The number of fused-ring (bicyclic) bond motifs is 2. The van der Waals surface area contributed by atoms with E-state index in [1.165, 1.54) is 26.2 Å². The van der Waals surface area contributed by atoms with Crippen LogP contribution in [0.4, 0.5) is 0 Å². The van der Waals surface area contributed by atoms with E-state index in [0.29, 0.717) is 23.4 Å². The lowest BCUT2D eigenvalue weighted by atomic mass is 9.65. The number of amides is 1. The Morgan fingerprint density at radius 3 is 2.36 bits per heavy atom. The lowest BCUT2D eigenvalue weighted by molar-refractivity contribution is -0.253. The van der Waals surface area contributed by atoms with Crippen molar-refractivity contribution in [2.24, 2.45) is 10.8 Å². The minimum absolute atomic E-state index is 0.0130. The van der Waals surface area contributed by atoms with E-state index >= 15 is 0 Å². The van der Waals surface area contributed by atoms with Gasteiger partial charge < -0.3 is 24.6 Å². The zero-order chi connectivity index (χ0) is 30.1. The third-order valence-corrected chi connectivity index (χ3v) is 9.01. The number of esters is 1. The minimum atomic E-state index is -0.838. The summed E-state index contributed by atoms with van der Waals surface area (Å²) in [7, 11) is 0. The van der Waals surface area contributed by atoms with Gasteiger partial charge in [-0.3, -0.25) is 14.5 Å². The molecule has 2 saturated heterocycles. The quantitative estimate of drug-likeness (QED) is 0.395. The Morgan fingerprint density at radius 1 is 1.02 bits per heavy atom. The first-order valence-corrected chi connectivity index (χ1v) is 15.2. The number of nitrogens with zero attached hydrogens (tertiary/aromatic N) is 1. The van der Waals surface area contributed by atoms with Crippen molar-refractivity contribution >= 4 is 11.9 Å². The Labute approximate surface area is 249 Å². The summed E-state index contributed by atoms with van der Waals surface area (Å²) >= 11 is 0. The molecule has 1 amide bonds. The van der Waals surface area contributed by atoms with E-state index in [-0.39, 0.29) is 24.7 Å². The highest BCUT2D eigenvalue weighted by Gasteiger charge is 2.50. The molecule has 1 saturated carbocycles. The van der Waals surface area contributed by atoms with Crippen molar-refractivity contribution in [3.8, 4) is 0 Å². The maximum absolute atomic E-state index is 12.2. The highest BCUT2D eigenvalue weighted by atomic mass is 16.7. The van der Waals surface area contributed by atoms with Gasteiger partial charge in [0.2, 0.25) is 0 Å². The normalized spacial score (nSPS) is 29.6. The molecule has 0 spiro atoms. The molecule has 2 unspecified atom stereocenters. The number of carbonyl (C=O) groups excluding carboxylic acids is 2. The molecule has 1 aliphatic carbocycles. The van der Waals surface area contributed by atoms with Crippen LogP contribution in [-0.4, -0.2) is 53.2 Å². The molecule has 2 heterocycles. The van der Waals surface area contributed by atoms with Gasteiger partial charge >= 0.3 is 5.97 Å². The fraction of sp³-hybridized carbons (Fsp3) is 0.588. The van der Waals surface area contributed by atoms with E-state index < -0.39 is 18.4 Å². The first-order valence-electron chi connectivity index (χ1n) is 15.2. The third-order valence-electron chi connectivity index (χ3n) is 9.01. The first kappa shape index (κ1) is 30.7. The van der Waals surface area contributed by atoms with Gasteiger partial charge in [0.05, 0.1) is 18.8 Å². The van der Waals surface area contributed by atoms with E-state index in [4.69, 9.17) is 14.2 Å². The fourth-order valence-electron chi connectivity index (χ4n) is 7.51. The summed E-state index contributed by atoms with van der Waals surface area (Å²) in [6, 6.07) is 16.5. The van der Waals surface area contributed by atoms with E-state index in [2.05, 4.69) is 31.0 Å². The molecule has 2 aliphatic heterocycles. The van der Waals surface area contributed by atoms with Gasteiger partial charge in [0.1, 0.15) is 0 Å². The predicted molar refractivity (Wildman–Crippen MR) is 159 cm³/mol. The Kier molecular flexibility index (Phi) is 9.09. The van der Waals surface area contributed by atoms with Crippen LogP contribution in [0, 0.1) is 10.8 Å². The third kappa shape index (κ3) is 7.40. The van der Waals surface area contributed by atoms with Crippen molar-refractivity contribution in [1.82, 2.24) is 10.2 Å². The number of hydrogen-bond donors (Lipinski definition) is 2. The molecule has 3 fully saturated rings. The molecule has 2 N–H and O–H groups in total. The summed E-state index contributed by atoms with van der Waals surface area (Å²) in [4.78, 5) is 26.0. The topological polar surface area (TPSA) is 97.3 Å². The molecule has 6 atom stereocenters. The summed E-state index contributed by atoms with van der Waals surface area (Å²) in [5, 5.41) is 12.3. The second-order valence-corrected chi connectivity index (χ2v) is 13.7. The summed E-state index contributed by atoms with van der Waals surface area (Å²) in [5.41, 5.74) is 4.53. The molecule has 3 aliphatic rings. The summed E-state index contributed by atoms with van der Waals surface area (Å²) in [6.45, 7) is 12.4. The van der Waals surface area contributed by atoms with Crippen LogP contribution in [0.3, 0.4) is 0 Å². The number of hydrogen-bond acceptors (Lipinski definition) is 7. The summed E-state index contributed by atoms with van der Waals surface area (Å²) in [5.74, 6) is -0.823. The average molecular weight is 579 g/mol. The highest BCUT2D eigenvalue weighted by Crippen LogP contribution is 2.53. The number of carbonyl (C=O) groups is 2. The van der Waals surface area contributed by atoms with Gasteiger partial charge in [-0.15, -0.1) is 0 Å². The van der Waals surface area contributed by atoms with Crippen molar-refractivity contribution in [1.29, 1.82) is 0 Å². The second kappa shape index (κ2) is 12.4. The highest BCUT2D eigenvalue weighted by molar-refractivity contribution is 5.82. The minimum Gasteiger partial charge on any atom is -0.453 e. The lowest BCUT2D eigenvalue weighted by Gasteiger charge is -2.41. The Hall–Kier alpha value is -2.78. The van der Waals surface area contributed by atoms with Crippen LogP contribution in [0.1, 0.15) is 94.9 Å². The van der Waals surface area contributed by atoms with Crippen LogP contribution in [0.25, 0.3) is 0 Å². The Bertz CT molecular complexity index is 1250. The number of aliphatic hydroxyl groups excluding tert-OH is 1. The van der Waals surface area contributed by atoms with Crippen molar-refractivity contribution < 1.29 is 28.9 Å². The number of aliphatic hydroxyl groups is 1. The van der Waals surface area contributed by atoms with Crippen molar-refractivity contribution in [3.63, 3.8) is 0 Å². The van der Waals surface area contributed by atoms with Gasteiger partial charge in [-0.25, -0.2) is 0 Å². The molecule has 2 aromatic rings. The fourth-order valence-corrected chi connectivity index (χ4v) is 7.51. The Morgan fingerprint density at radius 2 is 1.69 bits per heavy atom. The zero-order valence-corrected chi connectivity index (χ0v) is 25.6. The van der Waals surface area contributed by atoms with Gasteiger partial charge in [0, 0.05) is 44.6 Å². The van der Waals surface area contributed by atoms with Gasteiger partial charge in [-0.05, 0) is 53.7 Å². The van der Waals surface area contributed by atoms with Crippen molar-refractivity contribution in [3.05, 3.63) is 70.8 Å². The monoisotopic (exact) mass is 578 g/mol. The maximum Gasteiger partial charge on any atom is 0.303 e. The number of likely N-dealkylation sites (tertiary alicyclic amines) is 1. The van der Waals surface area contributed by atoms with Crippen LogP contribution >= 0.6 is 0 Å². The predicted octanol–water partition coefficient (Wildman–Crippen LogP) is 5.19. The standard InChI is InChI=1S/C34H46N2O6/c1-22(40-23(2)38)31(39)35-17-24-6-12-27(13-7-24)32-41-29(14-30(42-32)26-10-8-25(19-37)9-11-26)18-36-21-34(5)16-28(36)15-33(3,4)20-34/h6-13,22,28-30,32,37H,14-21H2,1-5H3,(H,35,39)/t22-,28?,29-,30+,32+,34?/m0/s1. The molecule has 8 heteroatoms. The second-order valence-electron chi connectivity index (χ2n) is 13.7. The molecule has 5 rings (SSSR count). The smallest absolute Gasteiger partial charge is 0.303 e. The zero-order valence-electron chi connectivity index (χ0n) is 25.6. The van der Waals surface area contributed by atoms with Gasteiger partial charge in [-0.2, -0.15) is 0 Å². The van der Waals surface area contributed by atoms with Gasteiger partial charge in [-0.1, -0.05) is 69.3 Å². The van der Waals surface area contributed by atoms with E-state index in [1.54, 1.807) is 6.92 Å². The lowest BCUT2D eigenvalue weighted by Crippen LogP contribution is -2.42. The van der Waals surface area contributed by atoms with E-state index in [1.807, 2.05) is 48.5 Å². The summed E-state index contributed by atoms with van der Waals surface area (Å²) < 4.78 is 18.2. The molecule has 2 bridgehead atoms. The van der Waals surface area contributed by atoms with Gasteiger partial charge in [0.15, 0.2) is 12.4 Å². The number of rotatable bonds is 9. The van der Waals surface area contributed by atoms with Crippen LogP contribution in [0.15, 0.2) is 48.5 Å². The van der Waals surface area contributed by atoms with Crippen LogP contribution in [0.2, 0.25) is 0 Å². The maximum atomic E-state index is 12.2. The molecular weight excluding hydrogens is 532 g/mol. The number of ether oxygens (including phenoxy) is 3.